The van der Waals surface area contributed by atoms with E-state index in [0.717, 1.165) is 17.7 Å². The zero-order chi connectivity index (χ0) is 20.0. The lowest BCUT2D eigenvalue weighted by molar-refractivity contribution is -0.135. The first-order valence-electron chi connectivity index (χ1n) is 8.58. The third-order valence-corrected chi connectivity index (χ3v) is 6.01. The second-order valence-corrected chi connectivity index (χ2v) is 8.76. The molecule has 1 aliphatic carbocycles. The number of rotatable bonds is 6. The Bertz CT molecular complexity index is 894. The van der Waals surface area contributed by atoms with Crippen LogP contribution in [0, 0.1) is 5.92 Å². The molecule has 4 amide bonds. The average Bonchev–Trinajstić information content (AvgIpc) is 3.40. The van der Waals surface area contributed by atoms with E-state index in [9.17, 15) is 22.8 Å². The van der Waals surface area contributed by atoms with Crippen LogP contribution in [-0.2, 0) is 19.6 Å². The normalized spacial score (nSPS) is 23.9. The summed E-state index contributed by atoms with van der Waals surface area (Å²) in [5.41, 5.74) is -0.261. The fraction of sp³-hybridized carbons (Fsp3) is 0.471. The van der Waals surface area contributed by atoms with Crippen molar-refractivity contribution in [3.05, 3.63) is 29.8 Å². The molecular formula is C17H22N4O5S. The Hall–Kier alpha value is -2.46. The molecule has 1 saturated carbocycles. The molecule has 0 radical (unpaired) electrons. The smallest absolute Gasteiger partial charge is 0.325 e. The lowest BCUT2D eigenvalue weighted by atomic mass is 9.96. The van der Waals surface area contributed by atoms with Gasteiger partial charge in [0.05, 0.1) is 10.9 Å². The van der Waals surface area contributed by atoms with Crippen molar-refractivity contribution in [3.63, 3.8) is 0 Å². The molecule has 146 valence electrons. The number of imide groups is 1. The molecule has 27 heavy (non-hydrogen) atoms. The van der Waals surface area contributed by atoms with Gasteiger partial charge in [-0.2, -0.15) is 0 Å². The van der Waals surface area contributed by atoms with Gasteiger partial charge in [0.25, 0.3) is 5.91 Å². The predicted molar refractivity (Wildman–Crippen MR) is 95.7 cm³/mol. The van der Waals surface area contributed by atoms with Crippen LogP contribution in [0.2, 0.25) is 0 Å². The van der Waals surface area contributed by atoms with Gasteiger partial charge in [-0.3, -0.25) is 14.5 Å². The van der Waals surface area contributed by atoms with E-state index in [1.54, 1.807) is 26.0 Å². The fourth-order valence-corrected chi connectivity index (χ4v) is 3.77. The number of hydrogen-bond donors (Lipinski definition) is 3. The zero-order valence-corrected chi connectivity index (χ0v) is 15.9. The number of amides is 4. The molecule has 2 atom stereocenters. The quantitative estimate of drug-likeness (QED) is 0.593. The van der Waals surface area contributed by atoms with E-state index in [2.05, 4.69) is 10.6 Å². The van der Waals surface area contributed by atoms with Crippen LogP contribution >= 0.6 is 0 Å². The Kier molecular flexibility index (Phi) is 4.73. The molecule has 9 nitrogen and oxygen atoms in total. The maximum atomic E-state index is 12.5. The van der Waals surface area contributed by atoms with Crippen molar-refractivity contribution in [2.75, 3.05) is 6.54 Å². The monoisotopic (exact) mass is 394 g/mol. The second-order valence-electron chi connectivity index (χ2n) is 7.20. The minimum absolute atomic E-state index is 0.0246. The zero-order valence-electron chi connectivity index (χ0n) is 15.1. The summed E-state index contributed by atoms with van der Waals surface area (Å²) in [6.45, 7) is 3.04. The van der Waals surface area contributed by atoms with E-state index in [1.165, 1.54) is 12.1 Å². The van der Waals surface area contributed by atoms with Gasteiger partial charge in [-0.15, -0.1) is 0 Å². The Labute approximate surface area is 157 Å². The summed E-state index contributed by atoms with van der Waals surface area (Å²) >= 11 is 0. The summed E-state index contributed by atoms with van der Waals surface area (Å²) in [7, 11) is -3.79. The van der Waals surface area contributed by atoms with Crippen LogP contribution in [0.5, 0.6) is 0 Å². The standard InChI is InChI=1S/C17H22N4O5S/c1-10(11-3-7-13(8-4-11)27(18,25)26)19-14(22)9-21-15(23)17(2,12-5-6-12)20-16(21)24/h3-4,7-8,10,12H,5-6,9H2,1-2H3,(H,19,22)(H,20,24)(H2,18,25,26)/t10-,17-/m1/s1. The molecule has 1 heterocycles. The predicted octanol–water partition coefficient (Wildman–Crippen LogP) is 0.232. The van der Waals surface area contributed by atoms with Crippen molar-refractivity contribution in [2.24, 2.45) is 11.1 Å². The van der Waals surface area contributed by atoms with Gasteiger partial charge in [0.15, 0.2) is 0 Å². The molecule has 1 saturated heterocycles. The van der Waals surface area contributed by atoms with Crippen LogP contribution in [0.25, 0.3) is 0 Å². The minimum atomic E-state index is -3.79. The van der Waals surface area contributed by atoms with Crippen LogP contribution in [0.1, 0.15) is 38.3 Å². The number of nitrogens with one attached hydrogen (secondary N) is 2. The molecular weight excluding hydrogens is 372 g/mol. The highest BCUT2D eigenvalue weighted by Gasteiger charge is 2.56. The number of nitrogens with two attached hydrogens (primary N) is 1. The van der Waals surface area contributed by atoms with Crippen molar-refractivity contribution in [1.29, 1.82) is 0 Å². The summed E-state index contributed by atoms with van der Waals surface area (Å²) in [6.07, 6.45) is 1.77. The Morgan fingerprint density at radius 2 is 1.93 bits per heavy atom. The second kappa shape index (κ2) is 6.61. The van der Waals surface area contributed by atoms with Gasteiger partial charge in [-0.05, 0) is 50.3 Å². The lowest BCUT2D eigenvalue weighted by Gasteiger charge is -2.21. The highest BCUT2D eigenvalue weighted by Crippen LogP contribution is 2.42. The third kappa shape index (κ3) is 3.81. The van der Waals surface area contributed by atoms with E-state index in [1.807, 2.05) is 0 Å². The van der Waals surface area contributed by atoms with Crippen molar-refractivity contribution in [3.8, 4) is 0 Å². The molecule has 0 spiro atoms. The highest BCUT2D eigenvalue weighted by molar-refractivity contribution is 7.89. The summed E-state index contributed by atoms with van der Waals surface area (Å²) in [4.78, 5) is 37.8. The van der Waals surface area contributed by atoms with Gasteiger partial charge in [-0.25, -0.2) is 18.4 Å². The van der Waals surface area contributed by atoms with E-state index in [-0.39, 0.29) is 23.3 Å². The number of benzene rings is 1. The first-order chi connectivity index (χ1) is 12.5. The maximum Gasteiger partial charge on any atom is 0.325 e. The Morgan fingerprint density at radius 1 is 1.33 bits per heavy atom. The van der Waals surface area contributed by atoms with Crippen LogP contribution in [0.3, 0.4) is 0 Å². The van der Waals surface area contributed by atoms with Gasteiger partial charge in [-0.1, -0.05) is 12.1 Å². The van der Waals surface area contributed by atoms with Crippen LogP contribution in [-0.4, -0.2) is 43.2 Å². The minimum Gasteiger partial charge on any atom is -0.348 e. The number of nitrogens with zero attached hydrogens (tertiary/aromatic N) is 1. The van der Waals surface area contributed by atoms with Gasteiger partial charge >= 0.3 is 6.03 Å². The number of hydrogen-bond acceptors (Lipinski definition) is 5. The number of carbonyl (C=O) groups is 3. The van der Waals surface area contributed by atoms with Gasteiger partial charge < -0.3 is 10.6 Å². The van der Waals surface area contributed by atoms with E-state index in [0.29, 0.717) is 5.56 Å². The maximum absolute atomic E-state index is 12.5. The SMILES string of the molecule is C[C@@H](NC(=O)CN1C(=O)N[C@](C)(C2CC2)C1=O)c1ccc(S(N)(=O)=O)cc1. The Balaban J connectivity index is 1.62. The summed E-state index contributed by atoms with van der Waals surface area (Å²) < 4.78 is 22.6. The van der Waals surface area contributed by atoms with E-state index in [4.69, 9.17) is 5.14 Å². The summed E-state index contributed by atoms with van der Waals surface area (Å²) in [6, 6.07) is 4.79. The number of carbonyl (C=O) groups excluding carboxylic acids is 3. The first kappa shape index (κ1) is 19.3. The average molecular weight is 394 g/mol. The lowest BCUT2D eigenvalue weighted by Crippen LogP contribution is -2.47. The topological polar surface area (TPSA) is 139 Å². The molecule has 1 aliphatic heterocycles. The van der Waals surface area contributed by atoms with E-state index >= 15 is 0 Å². The fourth-order valence-electron chi connectivity index (χ4n) is 3.26. The van der Waals surface area contributed by atoms with Crippen molar-refractivity contribution >= 4 is 27.9 Å². The molecule has 0 bridgehead atoms. The molecule has 0 aromatic heterocycles. The van der Waals surface area contributed by atoms with Gasteiger partial charge in [0.1, 0.15) is 12.1 Å². The molecule has 2 aliphatic rings. The molecule has 2 fully saturated rings. The molecule has 4 N–H and O–H groups in total. The number of sulfonamides is 1. The molecule has 3 rings (SSSR count). The van der Waals surface area contributed by atoms with Gasteiger partial charge in [0.2, 0.25) is 15.9 Å². The van der Waals surface area contributed by atoms with Crippen LogP contribution in [0.15, 0.2) is 29.2 Å². The van der Waals surface area contributed by atoms with Crippen LogP contribution in [0.4, 0.5) is 4.79 Å². The number of primary sulfonamides is 1. The molecule has 10 heteroatoms. The summed E-state index contributed by atoms with van der Waals surface area (Å²) in [5.74, 6) is -0.741. The molecule has 0 unspecified atom stereocenters. The van der Waals surface area contributed by atoms with Crippen molar-refractivity contribution in [1.82, 2.24) is 15.5 Å². The highest BCUT2D eigenvalue weighted by atomic mass is 32.2. The van der Waals surface area contributed by atoms with Gasteiger partial charge in [0, 0.05) is 0 Å². The van der Waals surface area contributed by atoms with Crippen LogP contribution < -0.4 is 15.8 Å². The van der Waals surface area contributed by atoms with Crippen molar-refractivity contribution < 1.29 is 22.8 Å². The number of urea groups is 1. The Morgan fingerprint density at radius 3 is 2.44 bits per heavy atom. The molecule has 1 aromatic rings. The third-order valence-electron chi connectivity index (χ3n) is 5.08. The summed E-state index contributed by atoms with van der Waals surface area (Å²) in [5, 5.41) is 10.4. The first-order valence-corrected chi connectivity index (χ1v) is 10.1. The largest absolute Gasteiger partial charge is 0.348 e. The van der Waals surface area contributed by atoms with E-state index < -0.39 is 33.5 Å². The van der Waals surface area contributed by atoms with Crippen molar-refractivity contribution in [2.45, 2.75) is 43.2 Å². The molecule has 1 aromatic carbocycles.